The molecule has 19 heavy (non-hydrogen) atoms. The van der Waals surface area contributed by atoms with Gasteiger partial charge in [-0.25, -0.2) is 0 Å². The zero-order valence-electron chi connectivity index (χ0n) is 12.0. The van der Waals surface area contributed by atoms with Crippen LogP contribution in [0.25, 0.3) is 0 Å². The average Bonchev–Trinajstić information content (AvgIpc) is 2.41. The van der Waals surface area contributed by atoms with Crippen LogP contribution in [0.15, 0.2) is 0 Å². The molecule has 0 aromatic heterocycles. The number of carbonyl (C=O) groups is 2. The summed E-state index contributed by atoms with van der Waals surface area (Å²) >= 11 is 0. The molecule has 0 aromatic rings. The van der Waals surface area contributed by atoms with E-state index >= 15 is 0 Å². The SMILES string of the molecule is CCN(CC(=O)NCCNC(C)=O)C1CCCNC1. The van der Waals surface area contributed by atoms with E-state index in [1.807, 2.05) is 0 Å². The first-order valence-electron chi connectivity index (χ1n) is 7.09. The third-order valence-corrected chi connectivity index (χ3v) is 3.36. The number of likely N-dealkylation sites (N-methyl/N-ethyl adjacent to an activating group) is 1. The molecule has 0 saturated carbocycles. The highest BCUT2D eigenvalue weighted by molar-refractivity contribution is 5.78. The van der Waals surface area contributed by atoms with Crippen molar-refractivity contribution in [1.29, 1.82) is 0 Å². The van der Waals surface area contributed by atoms with Crippen molar-refractivity contribution in [3.8, 4) is 0 Å². The Morgan fingerprint density at radius 1 is 1.32 bits per heavy atom. The number of amides is 2. The van der Waals surface area contributed by atoms with E-state index in [-0.39, 0.29) is 11.8 Å². The van der Waals surface area contributed by atoms with Crippen molar-refractivity contribution >= 4 is 11.8 Å². The summed E-state index contributed by atoms with van der Waals surface area (Å²) < 4.78 is 0. The highest BCUT2D eigenvalue weighted by atomic mass is 16.2. The van der Waals surface area contributed by atoms with Gasteiger partial charge < -0.3 is 16.0 Å². The second kappa shape index (κ2) is 8.87. The molecular weight excluding hydrogens is 244 g/mol. The third-order valence-electron chi connectivity index (χ3n) is 3.36. The van der Waals surface area contributed by atoms with Gasteiger partial charge >= 0.3 is 0 Å². The van der Waals surface area contributed by atoms with Gasteiger partial charge in [-0.1, -0.05) is 6.92 Å². The van der Waals surface area contributed by atoms with Crippen LogP contribution in [0.2, 0.25) is 0 Å². The Morgan fingerprint density at radius 2 is 2.05 bits per heavy atom. The molecule has 1 aliphatic heterocycles. The average molecular weight is 270 g/mol. The number of nitrogens with one attached hydrogen (secondary N) is 3. The molecule has 1 atom stereocenters. The van der Waals surface area contributed by atoms with Crippen LogP contribution in [0.5, 0.6) is 0 Å². The highest BCUT2D eigenvalue weighted by Gasteiger charge is 2.21. The van der Waals surface area contributed by atoms with Gasteiger partial charge in [-0.15, -0.1) is 0 Å². The Bertz CT molecular complexity index is 290. The lowest BCUT2D eigenvalue weighted by molar-refractivity contribution is -0.123. The molecule has 1 aliphatic rings. The van der Waals surface area contributed by atoms with Gasteiger partial charge in [0.05, 0.1) is 6.54 Å². The van der Waals surface area contributed by atoms with Crippen LogP contribution in [0.1, 0.15) is 26.7 Å². The predicted molar refractivity (Wildman–Crippen MR) is 74.8 cm³/mol. The maximum Gasteiger partial charge on any atom is 0.234 e. The Labute approximate surface area is 115 Å². The second-order valence-corrected chi connectivity index (χ2v) is 4.90. The van der Waals surface area contributed by atoms with Gasteiger partial charge in [0, 0.05) is 32.6 Å². The van der Waals surface area contributed by atoms with Crippen molar-refractivity contribution in [1.82, 2.24) is 20.9 Å². The van der Waals surface area contributed by atoms with Crippen LogP contribution >= 0.6 is 0 Å². The van der Waals surface area contributed by atoms with E-state index in [0.29, 0.717) is 25.7 Å². The van der Waals surface area contributed by atoms with E-state index in [0.717, 1.165) is 26.1 Å². The van der Waals surface area contributed by atoms with Gasteiger partial charge in [0.2, 0.25) is 11.8 Å². The number of rotatable bonds is 7. The minimum Gasteiger partial charge on any atom is -0.355 e. The standard InChI is InChI=1S/C13H26N4O2/c1-3-17(12-5-4-6-14-9-12)10-13(19)16-8-7-15-11(2)18/h12,14H,3-10H2,1-2H3,(H,15,18)(H,16,19). The molecule has 0 bridgehead atoms. The topological polar surface area (TPSA) is 73.5 Å². The first kappa shape index (κ1) is 15.9. The Balaban J connectivity index is 2.22. The van der Waals surface area contributed by atoms with Gasteiger partial charge in [-0.05, 0) is 25.9 Å². The molecule has 0 radical (unpaired) electrons. The van der Waals surface area contributed by atoms with E-state index in [2.05, 4.69) is 27.8 Å². The Kier molecular flexibility index (Phi) is 7.43. The van der Waals surface area contributed by atoms with Crippen molar-refractivity contribution < 1.29 is 9.59 Å². The first-order valence-corrected chi connectivity index (χ1v) is 7.09. The van der Waals surface area contributed by atoms with E-state index in [1.165, 1.54) is 13.3 Å². The van der Waals surface area contributed by atoms with Crippen molar-refractivity contribution in [2.45, 2.75) is 32.7 Å². The molecule has 6 heteroatoms. The minimum atomic E-state index is -0.0716. The van der Waals surface area contributed by atoms with Crippen molar-refractivity contribution in [3.63, 3.8) is 0 Å². The number of nitrogens with zero attached hydrogens (tertiary/aromatic N) is 1. The van der Waals surface area contributed by atoms with Gasteiger partial charge in [0.1, 0.15) is 0 Å². The maximum atomic E-state index is 11.8. The molecule has 0 aliphatic carbocycles. The van der Waals surface area contributed by atoms with Crippen molar-refractivity contribution in [3.05, 3.63) is 0 Å². The maximum absolute atomic E-state index is 11.8. The van der Waals surface area contributed by atoms with Crippen LogP contribution in [0.4, 0.5) is 0 Å². The fourth-order valence-corrected chi connectivity index (χ4v) is 2.33. The summed E-state index contributed by atoms with van der Waals surface area (Å²) in [5.41, 5.74) is 0. The quantitative estimate of drug-likeness (QED) is 0.536. The lowest BCUT2D eigenvalue weighted by Crippen LogP contribution is -2.49. The Morgan fingerprint density at radius 3 is 2.63 bits per heavy atom. The summed E-state index contributed by atoms with van der Waals surface area (Å²) in [5, 5.41) is 8.85. The van der Waals surface area contributed by atoms with E-state index in [9.17, 15) is 9.59 Å². The molecule has 1 saturated heterocycles. The van der Waals surface area contributed by atoms with Crippen LogP contribution in [-0.2, 0) is 9.59 Å². The van der Waals surface area contributed by atoms with Crippen molar-refractivity contribution in [2.75, 3.05) is 39.3 Å². The summed E-state index contributed by atoms with van der Waals surface area (Å²) in [4.78, 5) is 24.7. The molecule has 6 nitrogen and oxygen atoms in total. The largest absolute Gasteiger partial charge is 0.355 e. The molecule has 3 N–H and O–H groups in total. The summed E-state index contributed by atoms with van der Waals surface area (Å²) in [7, 11) is 0. The van der Waals surface area contributed by atoms with Crippen LogP contribution in [0.3, 0.4) is 0 Å². The van der Waals surface area contributed by atoms with Crippen LogP contribution < -0.4 is 16.0 Å². The number of hydrogen-bond donors (Lipinski definition) is 3. The third kappa shape index (κ3) is 6.54. The molecular formula is C13H26N4O2. The zero-order chi connectivity index (χ0) is 14.1. The second-order valence-electron chi connectivity index (χ2n) is 4.90. The molecule has 0 aromatic carbocycles. The smallest absolute Gasteiger partial charge is 0.234 e. The van der Waals surface area contributed by atoms with Crippen molar-refractivity contribution in [2.24, 2.45) is 0 Å². The number of hydrogen-bond acceptors (Lipinski definition) is 4. The molecule has 2 amide bonds. The number of piperidine rings is 1. The van der Waals surface area contributed by atoms with Gasteiger partial charge in [0.15, 0.2) is 0 Å². The number of carbonyl (C=O) groups excluding carboxylic acids is 2. The molecule has 1 unspecified atom stereocenters. The zero-order valence-corrected chi connectivity index (χ0v) is 12.0. The van der Waals surface area contributed by atoms with Crippen LogP contribution in [-0.4, -0.2) is 62.0 Å². The normalized spacial score (nSPS) is 19.2. The fraction of sp³-hybridized carbons (Fsp3) is 0.846. The molecule has 1 heterocycles. The summed E-state index contributed by atoms with van der Waals surface area (Å²) in [6.07, 6.45) is 2.32. The molecule has 1 fully saturated rings. The van der Waals surface area contributed by atoms with Gasteiger partial charge in [-0.2, -0.15) is 0 Å². The predicted octanol–water partition coefficient (Wildman–Crippen LogP) is -0.687. The fourth-order valence-electron chi connectivity index (χ4n) is 2.33. The van der Waals surface area contributed by atoms with E-state index in [1.54, 1.807) is 0 Å². The first-order chi connectivity index (χ1) is 9.13. The lowest BCUT2D eigenvalue weighted by atomic mass is 10.1. The summed E-state index contributed by atoms with van der Waals surface area (Å²) in [5.74, 6) is -0.0458. The summed E-state index contributed by atoms with van der Waals surface area (Å²) in [6, 6.07) is 0.458. The minimum absolute atomic E-state index is 0.0257. The Hall–Kier alpha value is -1.14. The lowest BCUT2D eigenvalue weighted by Gasteiger charge is -2.33. The van der Waals surface area contributed by atoms with E-state index in [4.69, 9.17) is 0 Å². The van der Waals surface area contributed by atoms with Gasteiger partial charge in [-0.3, -0.25) is 14.5 Å². The monoisotopic (exact) mass is 270 g/mol. The summed E-state index contributed by atoms with van der Waals surface area (Å²) in [6.45, 7) is 7.88. The van der Waals surface area contributed by atoms with Crippen LogP contribution in [0, 0.1) is 0 Å². The molecule has 0 spiro atoms. The molecule has 110 valence electrons. The van der Waals surface area contributed by atoms with E-state index < -0.39 is 0 Å². The molecule has 1 rings (SSSR count). The highest BCUT2D eigenvalue weighted by Crippen LogP contribution is 2.09. The van der Waals surface area contributed by atoms with Gasteiger partial charge in [0.25, 0.3) is 0 Å².